The summed E-state index contributed by atoms with van der Waals surface area (Å²) >= 11 is 0. The minimum atomic E-state index is 0.520. The molecule has 2 aromatic rings. The first-order valence-electron chi connectivity index (χ1n) is 8.51. The highest BCUT2D eigenvalue weighted by molar-refractivity contribution is 5.87. The predicted octanol–water partition coefficient (Wildman–Crippen LogP) is 3.67. The van der Waals surface area contributed by atoms with Gasteiger partial charge >= 0.3 is 0 Å². The number of hydrogen-bond donors (Lipinski definition) is 0. The normalized spacial score (nSPS) is 17.2. The number of aromatic nitrogens is 1. The van der Waals surface area contributed by atoms with Gasteiger partial charge in [0.05, 0.1) is 0 Å². The van der Waals surface area contributed by atoms with Crippen LogP contribution in [0, 0.1) is 0 Å². The molecule has 0 radical (unpaired) electrons. The van der Waals surface area contributed by atoms with Crippen molar-refractivity contribution in [2.24, 2.45) is 0 Å². The Labute approximate surface area is 143 Å². The molecule has 0 N–H and O–H groups in total. The van der Waals surface area contributed by atoms with E-state index >= 15 is 0 Å². The Morgan fingerprint density at radius 3 is 2.58 bits per heavy atom. The molecule has 2 heterocycles. The van der Waals surface area contributed by atoms with Gasteiger partial charge in [0, 0.05) is 48.4 Å². The SMILES string of the molecule is CC(CN(C)C)N1CC(c2cncc(-c3ccccc3)c2)=C2C=C21. The molecule has 24 heavy (non-hydrogen) atoms. The highest BCUT2D eigenvalue weighted by Gasteiger charge is 2.37. The van der Waals surface area contributed by atoms with E-state index in [0.717, 1.165) is 13.1 Å². The van der Waals surface area contributed by atoms with Crippen LogP contribution in [0.1, 0.15) is 12.5 Å². The summed E-state index contributed by atoms with van der Waals surface area (Å²) in [6.07, 6.45) is 6.26. The fourth-order valence-electron chi connectivity index (χ4n) is 3.58. The lowest BCUT2D eigenvalue weighted by atomic mass is 10.0. The van der Waals surface area contributed by atoms with Gasteiger partial charge in [-0.15, -0.1) is 0 Å². The maximum atomic E-state index is 4.49. The van der Waals surface area contributed by atoms with Crippen molar-refractivity contribution in [3.05, 3.63) is 71.7 Å². The minimum Gasteiger partial charge on any atom is -0.363 e. The van der Waals surface area contributed by atoms with Crippen molar-refractivity contribution in [1.82, 2.24) is 14.8 Å². The molecule has 1 aromatic carbocycles. The van der Waals surface area contributed by atoms with Gasteiger partial charge in [-0.2, -0.15) is 0 Å². The molecular weight excluding hydrogens is 294 g/mol. The molecular formula is C21H23N3. The molecule has 0 bridgehead atoms. The molecule has 0 amide bonds. The summed E-state index contributed by atoms with van der Waals surface area (Å²) < 4.78 is 0. The van der Waals surface area contributed by atoms with E-state index in [0.29, 0.717) is 6.04 Å². The number of fused-ring (bicyclic) bond motifs is 1. The Morgan fingerprint density at radius 2 is 1.83 bits per heavy atom. The predicted molar refractivity (Wildman–Crippen MR) is 99.4 cm³/mol. The summed E-state index contributed by atoms with van der Waals surface area (Å²) in [5.74, 6) is 0. The van der Waals surface area contributed by atoms with E-state index in [1.165, 1.54) is 33.5 Å². The number of nitrogens with zero attached hydrogens (tertiary/aromatic N) is 3. The van der Waals surface area contributed by atoms with Gasteiger partial charge in [0.2, 0.25) is 0 Å². The first kappa shape index (κ1) is 15.2. The van der Waals surface area contributed by atoms with Crippen LogP contribution in [0.2, 0.25) is 0 Å². The topological polar surface area (TPSA) is 19.4 Å². The average Bonchev–Trinajstić information content (AvgIpc) is 3.28. The standard InChI is InChI=1S/C21H23N3/c1-15(13-23(2)3)24-14-20(19-10-21(19)24)18-9-17(11-22-12-18)16-7-5-4-6-8-16/h4-12,15H,13-14H2,1-3H3. The Balaban J connectivity index is 1.58. The van der Waals surface area contributed by atoms with Gasteiger partial charge in [-0.25, -0.2) is 0 Å². The Hall–Kier alpha value is -2.39. The minimum absolute atomic E-state index is 0.520. The lowest BCUT2D eigenvalue weighted by Gasteiger charge is -2.28. The molecule has 4 rings (SSSR count). The molecule has 3 nitrogen and oxygen atoms in total. The highest BCUT2D eigenvalue weighted by Crippen LogP contribution is 2.46. The van der Waals surface area contributed by atoms with E-state index in [1.54, 1.807) is 0 Å². The van der Waals surface area contributed by atoms with Gasteiger partial charge in [0.15, 0.2) is 0 Å². The third-order valence-electron chi connectivity index (χ3n) is 4.79. The molecule has 3 heteroatoms. The van der Waals surface area contributed by atoms with Crippen molar-refractivity contribution in [2.45, 2.75) is 13.0 Å². The van der Waals surface area contributed by atoms with E-state index in [1.807, 2.05) is 18.5 Å². The second-order valence-corrected chi connectivity index (χ2v) is 6.99. The third kappa shape index (κ3) is 2.76. The molecule has 1 atom stereocenters. The van der Waals surface area contributed by atoms with Gasteiger partial charge in [-0.3, -0.25) is 4.98 Å². The molecule has 1 aliphatic carbocycles. The molecule has 0 fully saturated rings. The van der Waals surface area contributed by atoms with Crippen LogP contribution in [0.5, 0.6) is 0 Å². The van der Waals surface area contributed by atoms with Crippen molar-refractivity contribution in [2.75, 3.05) is 27.2 Å². The van der Waals surface area contributed by atoms with E-state index < -0.39 is 0 Å². The van der Waals surface area contributed by atoms with Crippen LogP contribution in [0.4, 0.5) is 0 Å². The summed E-state index contributed by atoms with van der Waals surface area (Å²) in [5.41, 5.74) is 7.91. The maximum Gasteiger partial charge on any atom is 0.0457 e. The van der Waals surface area contributed by atoms with Crippen LogP contribution >= 0.6 is 0 Å². The number of benzene rings is 1. The molecule has 1 aliphatic heterocycles. The van der Waals surface area contributed by atoms with E-state index in [2.05, 4.69) is 72.2 Å². The van der Waals surface area contributed by atoms with Crippen molar-refractivity contribution in [1.29, 1.82) is 0 Å². The third-order valence-corrected chi connectivity index (χ3v) is 4.79. The van der Waals surface area contributed by atoms with E-state index in [-0.39, 0.29) is 0 Å². The first-order chi connectivity index (χ1) is 11.6. The number of rotatable bonds is 5. The monoisotopic (exact) mass is 317 g/mol. The summed E-state index contributed by atoms with van der Waals surface area (Å²) in [6, 6.07) is 13.3. The summed E-state index contributed by atoms with van der Waals surface area (Å²) in [6.45, 7) is 4.37. The highest BCUT2D eigenvalue weighted by atomic mass is 15.2. The van der Waals surface area contributed by atoms with Crippen LogP contribution in [0.25, 0.3) is 16.7 Å². The van der Waals surface area contributed by atoms with Gasteiger partial charge in [0.1, 0.15) is 0 Å². The zero-order valence-electron chi connectivity index (χ0n) is 14.5. The van der Waals surface area contributed by atoms with Crippen LogP contribution in [0.15, 0.2) is 66.1 Å². The van der Waals surface area contributed by atoms with Crippen molar-refractivity contribution < 1.29 is 0 Å². The first-order valence-corrected chi connectivity index (χ1v) is 8.51. The number of hydrogen-bond acceptors (Lipinski definition) is 3. The Kier molecular flexibility index (Phi) is 3.73. The number of pyridine rings is 1. The largest absolute Gasteiger partial charge is 0.363 e. The number of allylic oxidation sites excluding steroid dienone is 2. The second kappa shape index (κ2) is 5.91. The van der Waals surface area contributed by atoms with Gasteiger partial charge < -0.3 is 9.80 Å². The lowest BCUT2D eigenvalue weighted by molar-refractivity contribution is 0.250. The molecule has 1 unspecified atom stereocenters. The zero-order chi connectivity index (χ0) is 16.7. The molecule has 0 saturated heterocycles. The number of likely N-dealkylation sites (N-methyl/N-ethyl adjacent to an activating group) is 1. The molecule has 2 aliphatic rings. The summed E-state index contributed by atoms with van der Waals surface area (Å²) in [4.78, 5) is 9.26. The molecule has 1 aromatic heterocycles. The van der Waals surface area contributed by atoms with Crippen molar-refractivity contribution in [3.63, 3.8) is 0 Å². The van der Waals surface area contributed by atoms with Gasteiger partial charge in [0.25, 0.3) is 0 Å². The Bertz CT molecular complexity index is 818. The molecule has 122 valence electrons. The summed E-state index contributed by atoms with van der Waals surface area (Å²) in [5, 5.41) is 0. The maximum absolute atomic E-state index is 4.49. The van der Waals surface area contributed by atoms with Gasteiger partial charge in [-0.05, 0) is 49.9 Å². The quantitative estimate of drug-likeness (QED) is 0.839. The molecule has 0 spiro atoms. The van der Waals surface area contributed by atoms with Crippen LogP contribution < -0.4 is 0 Å². The smallest absolute Gasteiger partial charge is 0.0457 e. The fraction of sp³-hybridized carbons (Fsp3) is 0.286. The van der Waals surface area contributed by atoms with Crippen LogP contribution in [0.3, 0.4) is 0 Å². The van der Waals surface area contributed by atoms with Crippen molar-refractivity contribution >= 4 is 5.57 Å². The zero-order valence-corrected chi connectivity index (χ0v) is 14.5. The summed E-state index contributed by atoms with van der Waals surface area (Å²) in [7, 11) is 4.27. The van der Waals surface area contributed by atoms with Crippen molar-refractivity contribution in [3.8, 4) is 11.1 Å². The fourth-order valence-corrected chi connectivity index (χ4v) is 3.58. The van der Waals surface area contributed by atoms with Crippen LogP contribution in [-0.2, 0) is 0 Å². The van der Waals surface area contributed by atoms with E-state index in [4.69, 9.17) is 0 Å². The van der Waals surface area contributed by atoms with Gasteiger partial charge in [-0.1, -0.05) is 30.3 Å². The molecule has 0 saturated carbocycles. The second-order valence-electron chi connectivity index (χ2n) is 6.99. The Morgan fingerprint density at radius 1 is 1.08 bits per heavy atom. The lowest BCUT2D eigenvalue weighted by Crippen LogP contribution is -2.37. The van der Waals surface area contributed by atoms with E-state index in [9.17, 15) is 0 Å². The van der Waals surface area contributed by atoms with Crippen LogP contribution in [-0.4, -0.2) is 48.0 Å². The average molecular weight is 317 g/mol.